The molecule has 0 aromatic heterocycles. The number of nitrogens with one attached hydrogen (secondary N) is 1. The van der Waals surface area contributed by atoms with Gasteiger partial charge in [-0.15, -0.1) is 0 Å². The summed E-state index contributed by atoms with van der Waals surface area (Å²) in [5.41, 5.74) is 6.06. The second-order valence-corrected chi connectivity index (χ2v) is 4.84. The first kappa shape index (κ1) is 14.5. The summed E-state index contributed by atoms with van der Waals surface area (Å²) < 4.78 is 5.30. The van der Waals surface area contributed by atoms with E-state index in [1.54, 1.807) is 0 Å². The van der Waals surface area contributed by atoms with E-state index in [1.165, 1.54) is 19.3 Å². The fraction of sp³-hybridized carbons (Fsp3) is 0.923. The summed E-state index contributed by atoms with van der Waals surface area (Å²) in [6.45, 7) is 3.31. The van der Waals surface area contributed by atoms with E-state index in [4.69, 9.17) is 10.5 Å². The minimum atomic E-state index is 0.0726. The third kappa shape index (κ3) is 6.03. The van der Waals surface area contributed by atoms with Gasteiger partial charge in [0.15, 0.2) is 0 Å². The van der Waals surface area contributed by atoms with Gasteiger partial charge in [-0.05, 0) is 19.3 Å². The number of hydrogen-bond acceptors (Lipinski definition) is 3. The van der Waals surface area contributed by atoms with Gasteiger partial charge in [0.05, 0.1) is 6.61 Å². The molecule has 2 unspecified atom stereocenters. The van der Waals surface area contributed by atoms with Gasteiger partial charge in [0.2, 0.25) is 5.91 Å². The molecule has 4 nitrogen and oxygen atoms in total. The molecule has 1 fully saturated rings. The molecule has 17 heavy (non-hydrogen) atoms. The van der Waals surface area contributed by atoms with Crippen LogP contribution in [0.2, 0.25) is 0 Å². The number of carbonyl (C=O) groups is 1. The Morgan fingerprint density at radius 1 is 1.29 bits per heavy atom. The molecule has 1 aliphatic carbocycles. The van der Waals surface area contributed by atoms with Crippen LogP contribution < -0.4 is 11.1 Å². The maximum absolute atomic E-state index is 11.7. The Morgan fingerprint density at radius 2 is 2.06 bits per heavy atom. The molecule has 0 heterocycles. The lowest BCUT2D eigenvalue weighted by molar-refractivity contribution is -0.123. The zero-order valence-corrected chi connectivity index (χ0v) is 10.9. The number of amides is 1. The van der Waals surface area contributed by atoms with Gasteiger partial charge in [0.1, 0.15) is 0 Å². The third-order valence-electron chi connectivity index (χ3n) is 3.24. The van der Waals surface area contributed by atoms with Crippen LogP contribution >= 0.6 is 0 Å². The Labute approximate surface area is 104 Å². The van der Waals surface area contributed by atoms with Crippen molar-refractivity contribution >= 4 is 5.91 Å². The quantitative estimate of drug-likeness (QED) is 0.549. The molecule has 100 valence electrons. The highest BCUT2D eigenvalue weighted by Crippen LogP contribution is 2.16. The molecule has 0 bridgehead atoms. The zero-order chi connectivity index (χ0) is 12.5. The first-order valence-corrected chi connectivity index (χ1v) is 6.86. The summed E-state index contributed by atoms with van der Waals surface area (Å²) in [7, 11) is 0. The average Bonchev–Trinajstić information content (AvgIpc) is 2.51. The van der Waals surface area contributed by atoms with E-state index in [0.717, 1.165) is 25.9 Å². The van der Waals surface area contributed by atoms with E-state index in [-0.39, 0.29) is 18.0 Å². The van der Waals surface area contributed by atoms with Crippen molar-refractivity contribution in [2.75, 3.05) is 13.2 Å². The Balaban J connectivity index is 2.19. The third-order valence-corrected chi connectivity index (χ3v) is 3.24. The normalized spacial score (nSPS) is 25.3. The molecule has 1 saturated carbocycles. The van der Waals surface area contributed by atoms with Crippen molar-refractivity contribution in [2.45, 2.75) is 64.0 Å². The first-order valence-electron chi connectivity index (χ1n) is 6.86. The van der Waals surface area contributed by atoms with Crippen LogP contribution in [0.4, 0.5) is 0 Å². The van der Waals surface area contributed by atoms with Crippen molar-refractivity contribution in [3.8, 4) is 0 Å². The molecule has 0 radical (unpaired) electrons. The van der Waals surface area contributed by atoms with Gasteiger partial charge < -0.3 is 15.8 Å². The number of nitrogens with two attached hydrogens (primary N) is 1. The van der Waals surface area contributed by atoms with Gasteiger partial charge in [-0.2, -0.15) is 0 Å². The van der Waals surface area contributed by atoms with Crippen LogP contribution in [0.1, 0.15) is 51.9 Å². The standard InChI is InChI=1S/C13H26N2O2/c1-2-9-17-10-8-13(16)15-12-7-5-3-4-6-11(12)14/h11-12H,2-10,14H2,1H3,(H,15,16). The van der Waals surface area contributed by atoms with E-state index in [0.29, 0.717) is 13.0 Å². The summed E-state index contributed by atoms with van der Waals surface area (Å²) >= 11 is 0. The van der Waals surface area contributed by atoms with E-state index < -0.39 is 0 Å². The Morgan fingerprint density at radius 3 is 2.82 bits per heavy atom. The minimum absolute atomic E-state index is 0.0726. The predicted molar refractivity (Wildman–Crippen MR) is 68.7 cm³/mol. The van der Waals surface area contributed by atoms with Crippen LogP contribution in [0.15, 0.2) is 0 Å². The molecular formula is C13H26N2O2. The van der Waals surface area contributed by atoms with Gasteiger partial charge in [-0.1, -0.05) is 26.2 Å². The van der Waals surface area contributed by atoms with E-state index in [9.17, 15) is 4.79 Å². The molecule has 3 N–H and O–H groups in total. The van der Waals surface area contributed by atoms with Crippen LogP contribution in [0.25, 0.3) is 0 Å². The Bertz CT molecular complexity index is 221. The number of ether oxygens (including phenoxy) is 1. The summed E-state index contributed by atoms with van der Waals surface area (Å²) in [6, 6.07) is 0.286. The van der Waals surface area contributed by atoms with Gasteiger partial charge >= 0.3 is 0 Å². The fourth-order valence-corrected chi connectivity index (χ4v) is 2.21. The maximum atomic E-state index is 11.7. The lowest BCUT2D eigenvalue weighted by Crippen LogP contribution is -2.47. The zero-order valence-electron chi connectivity index (χ0n) is 10.9. The maximum Gasteiger partial charge on any atom is 0.222 e. The van der Waals surface area contributed by atoms with Crippen molar-refractivity contribution in [3.63, 3.8) is 0 Å². The van der Waals surface area contributed by atoms with Gasteiger partial charge in [0.25, 0.3) is 0 Å². The Kier molecular flexibility index (Phi) is 7.21. The lowest BCUT2D eigenvalue weighted by atomic mass is 10.0. The monoisotopic (exact) mass is 242 g/mol. The van der Waals surface area contributed by atoms with Crippen molar-refractivity contribution in [1.29, 1.82) is 0 Å². The smallest absolute Gasteiger partial charge is 0.222 e. The summed E-state index contributed by atoms with van der Waals surface area (Å²) in [5.74, 6) is 0.0726. The van der Waals surface area contributed by atoms with Gasteiger partial charge in [-0.3, -0.25) is 4.79 Å². The van der Waals surface area contributed by atoms with Crippen LogP contribution in [0, 0.1) is 0 Å². The summed E-state index contributed by atoms with van der Waals surface area (Å²) in [6.07, 6.45) is 7.08. The second kappa shape index (κ2) is 8.48. The SMILES string of the molecule is CCCOCCC(=O)NC1CCCCCC1N. The highest BCUT2D eigenvalue weighted by atomic mass is 16.5. The topological polar surface area (TPSA) is 64.3 Å². The predicted octanol–water partition coefficient (Wildman–Crippen LogP) is 1.58. The average molecular weight is 242 g/mol. The Hall–Kier alpha value is -0.610. The van der Waals surface area contributed by atoms with Crippen molar-refractivity contribution in [3.05, 3.63) is 0 Å². The molecule has 1 amide bonds. The van der Waals surface area contributed by atoms with Gasteiger partial charge in [0, 0.05) is 25.1 Å². The molecule has 0 aromatic carbocycles. The molecule has 2 atom stereocenters. The lowest BCUT2D eigenvalue weighted by Gasteiger charge is -2.22. The van der Waals surface area contributed by atoms with E-state index in [1.807, 2.05) is 0 Å². The highest BCUT2D eigenvalue weighted by Gasteiger charge is 2.21. The summed E-state index contributed by atoms with van der Waals surface area (Å²) in [5, 5.41) is 3.04. The highest BCUT2D eigenvalue weighted by molar-refractivity contribution is 5.76. The largest absolute Gasteiger partial charge is 0.381 e. The fourth-order valence-electron chi connectivity index (χ4n) is 2.21. The van der Waals surface area contributed by atoms with Crippen molar-refractivity contribution < 1.29 is 9.53 Å². The first-order chi connectivity index (χ1) is 8.24. The minimum Gasteiger partial charge on any atom is -0.381 e. The van der Waals surface area contributed by atoms with Crippen LogP contribution in [-0.2, 0) is 9.53 Å². The van der Waals surface area contributed by atoms with Crippen LogP contribution in [0.5, 0.6) is 0 Å². The van der Waals surface area contributed by atoms with Crippen molar-refractivity contribution in [1.82, 2.24) is 5.32 Å². The molecular weight excluding hydrogens is 216 g/mol. The van der Waals surface area contributed by atoms with Crippen LogP contribution in [-0.4, -0.2) is 31.2 Å². The molecule has 0 spiro atoms. The number of carbonyl (C=O) groups excluding carboxylic acids is 1. The van der Waals surface area contributed by atoms with Gasteiger partial charge in [-0.25, -0.2) is 0 Å². The molecule has 1 rings (SSSR count). The molecule has 4 heteroatoms. The number of rotatable bonds is 6. The molecule has 1 aliphatic rings. The van der Waals surface area contributed by atoms with Crippen LogP contribution in [0.3, 0.4) is 0 Å². The van der Waals surface area contributed by atoms with E-state index in [2.05, 4.69) is 12.2 Å². The molecule has 0 saturated heterocycles. The van der Waals surface area contributed by atoms with Crippen molar-refractivity contribution in [2.24, 2.45) is 5.73 Å². The number of hydrogen-bond donors (Lipinski definition) is 2. The molecule has 0 aliphatic heterocycles. The second-order valence-electron chi connectivity index (χ2n) is 4.84. The van der Waals surface area contributed by atoms with E-state index >= 15 is 0 Å². The molecule has 0 aromatic rings. The summed E-state index contributed by atoms with van der Waals surface area (Å²) in [4.78, 5) is 11.7.